The van der Waals surface area contributed by atoms with Crippen molar-refractivity contribution in [2.75, 3.05) is 24.5 Å². The average Bonchev–Trinajstić information content (AvgIpc) is 2.16. The van der Waals surface area contributed by atoms with Gasteiger partial charge in [0, 0.05) is 36.4 Å². The molecular weight excluding hydrogens is 215 g/mol. The van der Waals surface area contributed by atoms with Crippen LogP contribution in [0.15, 0.2) is 18.2 Å². The molecule has 0 aromatic heterocycles. The number of rotatable bonds is 1. The van der Waals surface area contributed by atoms with E-state index in [4.69, 9.17) is 11.6 Å². The van der Waals surface area contributed by atoms with E-state index in [0.717, 1.165) is 25.3 Å². The molecule has 0 amide bonds. The van der Waals surface area contributed by atoms with E-state index in [1.54, 1.807) is 0 Å². The molecule has 4 heteroatoms. The van der Waals surface area contributed by atoms with Crippen molar-refractivity contribution in [1.29, 1.82) is 0 Å². The van der Waals surface area contributed by atoms with Gasteiger partial charge in [0.15, 0.2) is 0 Å². The van der Waals surface area contributed by atoms with Crippen molar-refractivity contribution >= 4 is 17.3 Å². The van der Waals surface area contributed by atoms with Gasteiger partial charge >= 0.3 is 0 Å². The van der Waals surface area contributed by atoms with Crippen molar-refractivity contribution < 1.29 is 4.39 Å². The van der Waals surface area contributed by atoms with Crippen LogP contribution in [0.5, 0.6) is 0 Å². The smallest absolute Gasteiger partial charge is 0.126 e. The molecule has 1 N–H and O–H groups in total. The van der Waals surface area contributed by atoms with Gasteiger partial charge in [-0.05, 0) is 25.1 Å². The fourth-order valence-corrected chi connectivity index (χ4v) is 2.15. The minimum Gasteiger partial charge on any atom is -0.366 e. The van der Waals surface area contributed by atoms with E-state index >= 15 is 0 Å². The van der Waals surface area contributed by atoms with Gasteiger partial charge < -0.3 is 10.2 Å². The van der Waals surface area contributed by atoms with E-state index in [0.29, 0.717) is 11.1 Å². The summed E-state index contributed by atoms with van der Waals surface area (Å²) in [4.78, 5) is 2.17. The Morgan fingerprint density at radius 1 is 1.47 bits per heavy atom. The summed E-state index contributed by atoms with van der Waals surface area (Å²) >= 11 is 5.83. The zero-order valence-electron chi connectivity index (χ0n) is 8.63. The Morgan fingerprint density at radius 3 is 2.93 bits per heavy atom. The molecule has 2 rings (SSSR count). The second kappa shape index (κ2) is 4.37. The van der Waals surface area contributed by atoms with Gasteiger partial charge in [0.05, 0.1) is 0 Å². The quantitative estimate of drug-likeness (QED) is 0.794. The standard InChI is InChI=1S/C11H14ClFN2/c1-8-7-14-2-3-15(8)11-5-9(12)4-10(13)6-11/h4-6,8,14H,2-3,7H2,1H3. The number of nitrogens with zero attached hydrogens (tertiary/aromatic N) is 1. The zero-order valence-corrected chi connectivity index (χ0v) is 9.39. The first-order valence-electron chi connectivity index (χ1n) is 5.10. The Bertz CT molecular complexity index is 336. The van der Waals surface area contributed by atoms with E-state index < -0.39 is 0 Å². The van der Waals surface area contributed by atoms with Crippen LogP contribution >= 0.6 is 11.6 Å². The van der Waals surface area contributed by atoms with Crippen LogP contribution in [0.2, 0.25) is 5.02 Å². The molecule has 0 spiro atoms. The lowest BCUT2D eigenvalue weighted by atomic mass is 10.2. The van der Waals surface area contributed by atoms with E-state index in [-0.39, 0.29) is 5.82 Å². The molecule has 1 aromatic carbocycles. The Balaban J connectivity index is 2.27. The predicted octanol–water partition coefficient (Wildman–Crippen LogP) is 2.28. The lowest BCUT2D eigenvalue weighted by molar-refractivity contribution is 0.499. The molecule has 0 radical (unpaired) electrons. The fraction of sp³-hybridized carbons (Fsp3) is 0.455. The molecule has 1 atom stereocenters. The molecule has 82 valence electrons. The first-order chi connectivity index (χ1) is 7.16. The molecule has 1 aliphatic rings. The number of hydrogen-bond acceptors (Lipinski definition) is 2. The monoisotopic (exact) mass is 228 g/mol. The van der Waals surface area contributed by atoms with Gasteiger partial charge in [0.25, 0.3) is 0 Å². The highest BCUT2D eigenvalue weighted by Crippen LogP contribution is 2.23. The average molecular weight is 229 g/mol. The Labute approximate surface area is 94.0 Å². The van der Waals surface area contributed by atoms with Crippen molar-refractivity contribution in [3.05, 3.63) is 29.0 Å². The molecular formula is C11H14ClFN2. The van der Waals surface area contributed by atoms with Crippen molar-refractivity contribution in [2.24, 2.45) is 0 Å². The number of hydrogen-bond donors (Lipinski definition) is 1. The SMILES string of the molecule is CC1CNCCN1c1cc(F)cc(Cl)c1. The summed E-state index contributed by atoms with van der Waals surface area (Å²) in [5.74, 6) is -0.275. The number of piperazine rings is 1. The molecule has 1 heterocycles. The zero-order chi connectivity index (χ0) is 10.8. The van der Waals surface area contributed by atoms with Crippen LogP contribution in [0.1, 0.15) is 6.92 Å². The third-order valence-corrected chi connectivity index (χ3v) is 2.90. The molecule has 15 heavy (non-hydrogen) atoms. The predicted molar refractivity (Wildman–Crippen MR) is 61.1 cm³/mol. The number of benzene rings is 1. The highest BCUT2D eigenvalue weighted by molar-refractivity contribution is 6.30. The summed E-state index contributed by atoms with van der Waals surface area (Å²) in [5, 5.41) is 3.75. The van der Waals surface area contributed by atoms with E-state index in [9.17, 15) is 4.39 Å². The molecule has 1 fully saturated rings. The van der Waals surface area contributed by atoms with Crippen LogP contribution in [-0.2, 0) is 0 Å². The van der Waals surface area contributed by atoms with Gasteiger partial charge in [-0.15, -0.1) is 0 Å². The molecule has 2 nitrogen and oxygen atoms in total. The molecule has 0 aliphatic carbocycles. The maximum Gasteiger partial charge on any atom is 0.126 e. The lowest BCUT2D eigenvalue weighted by Crippen LogP contribution is -2.49. The van der Waals surface area contributed by atoms with E-state index in [1.807, 2.05) is 6.07 Å². The highest BCUT2D eigenvalue weighted by atomic mass is 35.5. The Hall–Kier alpha value is -0.800. The van der Waals surface area contributed by atoms with Crippen molar-refractivity contribution in [3.8, 4) is 0 Å². The summed E-state index contributed by atoms with van der Waals surface area (Å²) < 4.78 is 13.2. The van der Waals surface area contributed by atoms with Gasteiger partial charge in [-0.1, -0.05) is 11.6 Å². The van der Waals surface area contributed by atoms with Gasteiger partial charge in [0.2, 0.25) is 0 Å². The maximum absolute atomic E-state index is 13.2. The summed E-state index contributed by atoms with van der Waals surface area (Å²) in [7, 11) is 0. The first-order valence-corrected chi connectivity index (χ1v) is 5.48. The van der Waals surface area contributed by atoms with Crippen molar-refractivity contribution in [1.82, 2.24) is 5.32 Å². The number of nitrogens with one attached hydrogen (secondary N) is 1. The second-order valence-corrected chi connectivity index (χ2v) is 4.31. The molecule has 1 unspecified atom stereocenters. The van der Waals surface area contributed by atoms with E-state index in [1.165, 1.54) is 12.1 Å². The molecule has 1 aliphatic heterocycles. The molecule has 1 aromatic rings. The topological polar surface area (TPSA) is 15.3 Å². The van der Waals surface area contributed by atoms with Crippen molar-refractivity contribution in [2.45, 2.75) is 13.0 Å². The Morgan fingerprint density at radius 2 is 2.27 bits per heavy atom. The van der Waals surface area contributed by atoms with Crippen LogP contribution in [0, 0.1) is 5.82 Å². The second-order valence-electron chi connectivity index (χ2n) is 3.87. The Kier molecular flexibility index (Phi) is 3.12. The van der Waals surface area contributed by atoms with Crippen LogP contribution < -0.4 is 10.2 Å². The molecule has 0 saturated carbocycles. The fourth-order valence-electron chi connectivity index (χ4n) is 1.93. The van der Waals surface area contributed by atoms with Crippen LogP contribution in [0.25, 0.3) is 0 Å². The van der Waals surface area contributed by atoms with Gasteiger partial charge in [-0.2, -0.15) is 0 Å². The van der Waals surface area contributed by atoms with Crippen LogP contribution in [-0.4, -0.2) is 25.7 Å². The molecule has 0 bridgehead atoms. The van der Waals surface area contributed by atoms with E-state index in [2.05, 4.69) is 17.1 Å². The third kappa shape index (κ3) is 2.41. The van der Waals surface area contributed by atoms with Crippen molar-refractivity contribution in [3.63, 3.8) is 0 Å². The minimum absolute atomic E-state index is 0.275. The lowest BCUT2D eigenvalue weighted by Gasteiger charge is -2.36. The largest absolute Gasteiger partial charge is 0.366 e. The van der Waals surface area contributed by atoms with Gasteiger partial charge in [-0.25, -0.2) is 4.39 Å². The number of halogens is 2. The summed E-state index contributed by atoms with van der Waals surface area (Å²) in [6.45, 7) is 4.86. The third-order valence-electron chi connectivity index (χ3n) is 2.68. The van der Waals surface area contributed by atoms with Crippen LogP contribution in [0.4, 0.5) is 10.1 Å². The van der Waals surface area contributed by atoms with Gasteiger partial charge in [-0.3, -0.25) is 0 Å². The minimum atomic E-state index is -0.275. The first kappa shape index (κ1) is 10.7. The van der Waals surface area contributed by atoms with Gasteiger partial charge in [0.1, 0.15) is 5.82 Å². The highest BCUT2D eigenvalue weighted by Gasteiger charge is 2.18. The maximum atomic E-state index is 13.2. The number of anilines is 1. The normalized spacial score (nSPS) is 21.8. The summed E-state index contributed by atoms with van der Waals surface area (Å²) in [6.07, 6.45) is 0. The summed E-state index contributed by atoms with van der Waals surface area (Å²) in [6, 6.07) is 5.05. The molecule has 1 saturated heterocycles. The van der Waals surface area contributed by atoms with Crippen LogP contribution in [0.3, 0.4) is 0 Å². The summed E-state index contributed by atoms with van der Waals surface area (Å²) in [5.41, 5.74) is 0.869.